The van der Waals surface area contributed by atoms with Crippen molar-refractivity contribution in [3.8, 4) is 0 Å². The third-order valence-corrected chi connectivity index (χ3v) is 6.53. The summed E-state index contributed by atoms with van der Waals surface area (Å²) in [5.74, 6) is -0.927. The van der Waals surface area contributed by atoms with Crippen LogP contribution in [0.25, 0.3) is 0 Å². The molecule has 1 saturated heterocycles. The fraction of sp³-hybridized carbons (Fsp3) is 0.389. The molecule has 0 N–H and O–H groups in total. The molecule has 0 aromatic heterocycles. The summed E-state index contributed by atoms with van der Waals surface area (Å²) < 4.78 is 40.0. The second kappa shape index (κ2) is 8.79. The van der Waals surface area contributed by atoms with E-state index in [0.29, 0.717) is 25.9 Å². The van der Waals surface area contributed by atoms with Gasteiger partial charge in [-0.15, -0.1) is 13.2 Å². The van der Waals surface area contributed by atoms with Crippen LogP contribution in [0.1, 0.15) is 12.8 Å². The van der Waals surface area contributed by atoms with Crippen molar-refractivity contribution in [1.82, 2.24) is 9.21 Å². The molecule has 142 valence electrons. The summed E-state index contributed by atoms with van der Waals surface area (Å²) in [6, 6.07) is 3.34. The monoisotopic (exact) mass is 400 g/mol. The normalized spacial score (nSPS) is 16.2. The largest absolute Gasteiger partial charge is 0.335 e. The van der Waals surface area contributed by atoms with Gasteiger partial charge in [0.2, 0.25) is 15.9 Å². The number of rotatable bonds is 7. The van der Waals surface area contributed by atoms with Gasteiger partial charge >= 0.3 is 0 Å². The molecule has 0 radical (unpaired) electrons. The lowest BCUT2D eigenvalue weighted by Crippen LogP contribution is -2.44. The van der Waals surface area contributed by atoms with Gasteiger partial charge in [-0.2, -0.15) is 4.31 Å². The molecule has 1 aliphatic heterocycles. The highest BCUT2D eigenvalue weighted by Crippen LogP contribution is 2.27. The average Bonchev–Trinajstić information content (AvgIpc) is 2.63. The Morgan fingerprint density at radius 3 is 2.35 bits per heavy atom. The van der Waals surface area contributed by atoms with E-state index in [2.05, 4.69) is 13.2 Å². The van der Waals surface area contributed by atoms with Gasteiger partial charge in [0.25, 0.3) is 0 Å². The summed E-state index contributed by atoms with van der Waals surface area (Å²) in [5.41, 5.74) is 0. The molecule has 0 bridgehead atoms. The molecule has 5 nitrogen and oxygen atoms in total. The first-order valence-corrected chi connectivity index (χ1v) is 10.1. The standard InChI is InChI=1S/C18H22ClFN2O3S/c1-3-9-21(10-4-2)18(23)14-7-11-22(12-8-14)26(24,25)15-5-6-17(20)16(19)13-15/h3-6,13-14H,1-2,7-12H2. The van der Waals surface area contributed by atoms with Crippen LogP contribution in [0.15, 0.2) is 48.4 Å². The average molecular weight is 401 g/mol. The van der Waals surface area contributed by atoms with E-state index in [1.54, 1.807) is 17.1 Å². The summed E-state index contributed by atoms with van der Waals surface area (Å²) in [6.45, 7) is 8.60. The van der Waals surface area contributed by atoms with Gasteiger partial charge in [-0.05, 0) is 31.0 Å². The number of benzene rings is 1. The highest BCUT2D eigenvalue weighted by Gasteiger charge is 2.33. The van der Waals surface area contributed by atoms with Crippen molar-refractivity contribution < 1.29 is 17.6 Å². The van der Waals surface area contributed by atoms with E-state index in [-0.39, 0.29) is 34.8 Å². The number of piperidine rings is 1. The molecular weight excluding hydrogens is 379 g/mol. The molecule has 1 aromatic rings. The maximum Gasteiger partial charge on any atom is 0.243 e. The Bertz CT molecular complexity index is 780. The Balaban J connectivity index is 2.07. The summed E-state index contributed by atoms with van der Waals surface area (Å²) >= 11 is 5.69. The van der Waals surface area contributed by atoms with E-state index in [1.165, 1.54) is 10.4 Å². The van der Waals surface area contributed by atoms with Gasteiger partial charge in [-0.1, -0.05) is 23.8 Å². The molecule has 0 aliphatic carbocycles. The number of carbonyl (C=O) groups excluding carboxylic acids is 1. The number of carbonyl (C=O) groups is 1. The Kier molecular flexibility index (Phi) is 6.97. The number of hydrogen-bond acceptors (Lipinski definition) is 3. The molecular formula is C18H22ClFN2O3S. The van der Waals surface area contributed by atoms with Gasteiger partial charge in [0.15, 0.2) is 0 Å². The molecule has 0 atom stereocenters. The van der Waals surface area contributed by atoms with E-state index in [1.807, 2.05) is 0 Å². The highest BCUT2D eigenvalue weighted by molar-refractivity contribution is 7.89. The molecule has 2 rings (SSSR count). The smallest absolute Gasteiger partial charge is 0.243 e. The van der Waals surface area contributed by atoms with Crippen molar-refractivity contribution in [3.05, 3.63) is 54.3 Å². The summed E-state index contributed by atoms with van der Waals surface area (Å²) in [5, 5.41) is -0.236. The van der Waals surface area contributed by atoms with Crippen LogP contribution < -0.4 is 0 Å². The third kappa shape index (κ3) is 4.52. The fourth-order valence-electron chi connectivity index (χ4n) is 2.95. The van der Waals surface area contributed by atoms with Gasteiger partial charge < -0.3 is 4.90 Å². The van der Waals surface area contributed by atoms with Crippen LogP contribution in [0.4, 0.5) is 4.39 Å². The molecule has 1 amide bonds. The summed E-state index contributed by atoms with van der Waals surface area (Å²) in [6.07, 6.45) is 4.16. The quantitative estimate of drug-likeness (QED) is 0.661. The number of sulfonamides is 1. The molecule has 1 heterocycles. The van der Waals surface area contributed by atoms with E-state index in [0.717, 1.165) is 12.1 Å². The van der Waals surface area contributed by atoms with Crippen molar-refractivity contribution in [2.24, 2.45) is 5.92 Å². The molecule has 1 aromatic carbocycles. The maximum atomic E-state index is 13.3. The first kappa shape index (κ1) is 20.6. The minimum Gasteiger partial charge on any atom is -0.335 e. The van der Waals surface area contributed by atoms with Gasteiger partial charge in [-0.3, -0.25) is 4.79 Å². The van der Waals surface area contributed by atoms with Crippen LogP contribution in [0.5, 0.6) is 0 Å². The summed E-state index contributed by atoms with van der Waals surface area (Å²) in [4.78, 5) is 14.2. The first-order valence-electron chi connectivity index (χ1n) is 8.27. The van der Waals surface area contributed by atoms with E-state index < -0.39 is 15.8 Å². The van der Waals surface area contributed by atoms with Crippen LogP contribution in [-0.2, 0) is 14.8 Å². The molecule has 8 heteroatoms. The van der Waals surface area contributed by atoms with Gasteiger partial charge in [0.05, 0.1) is 9.92 Å². The van der Waals surface area contributed by atoms with Crippen molar-refractivity contribution >= 4 is 27.5 Å². The number of amides is 1. The van der Waals surface area contributed by atoms with Crippen molar-refractivity contribution in [1.29, 1.82) is 0 Å². The number of hydrogen-bond donors (Lipinski definition) is 0. The lowest BCUT2D eigenvalue weighted by molar-refractivity contribution is -0.135. The molecule has 26 heavy (non-hydrogen) atoms. The first-order chi connectivity index (χ1) is 12.3. The van der Waals surface area contributed by atoms with Gasteiger partial charge in [-0.25, -0.2) is 12.8 Å². The maximum absolute atomic E-state index is 13.3. The Morgan fingerprint density at radius 2 is 1.85 bits per heavy atom. The second-order valence-corrected chi connectivity index (χ2v) is 8.42. The lowest BCUT2D eigenvalue weighted by Gasteiger charge is -2.33. The van der Waals surface area contributed by atoms with Gasteiger partial charge in [0, 0.05) is 32.1 Å². The van der Waals surface area contributed by atoms with Crippen LogP contribution in [0.3, 0.4) is 0 Å². The van der Waals surface area contributed by atoms with Crippen LogP contribution in [-0.4, -0.2) is 49.7 Å². The minimum atomic E-state index is -3.77. The van der Waals surface area contributed by atoms with E-state index >= 15 is 0 Å². The molecule has 1 fully saturated rings. The van der Waals surface area contributed by atoms with Crippen molar-refractivity contribution in [2.45, 2.75) is 17.7 Å². The van der Waals surface area contributed by atoms with Gasteiger partial charge in [0.1, 0.15) is 5.82 Å². The van der Waals surface area contributed by atoms with E-state index in [9.17, 15) is 17.6 Å². The van der Waals surface area contributed by atoms with E-state index in [4.69, 9.17) is 11.6 Å². The predicted molar refractivity (Wildman–Crippen MR) is 99.9 cm³/mol. The zero-order valence-electron chi connectivity index (χ0n) is 14.4. The van der Waals surface area contributed by atoms with Crippen LogP contribution in [0, 0.1) is 11.7 Å². The molecule has 0 saturated carbocycles. The number of halogens is 2. The Labute approximate surface area is 158 Å². The second-order valence-electron chi connectivity index (χ2n) is 6.07. The zero-order valence-corrected chi connectivity index (χ0v) is 16.0. The molecule has 0 spiro atoms. The SMILES string of the molecule is C=CCN(CC=C)C(=O)C1CCN(S(=O)(=O)c2ccc(F)c(Cl)c2)CC1. The summed E-state index contributed by atoms with van der Waals surface area (Å²) in [7, 11) is -3.77. The minimum absolute atomic E-state index is 0.0216. The third-order valence-electron chi connectivity index (χ3n) is 4.34. The predicted octanol–water partition coefficient (Wildman–Crippen LogP) is 3.08. The van der Waals surface area contributed by atoms with Crippen LogP contribution >= 0.6 is 11.6 Å². The lowest BCUT2D eigenvalue weighted by atomic mass is 9.96. The molecule has 0 unspecified atom stereocenters. The Hall–Kier alpha value is -1.70. The van der Waals surface area contributed by atoms with Crippen molar-refractivity contribution in [2.75, 3.05) is 26.2 Å². The van der Waals surface area contributed by atoms with Crippen molar-refractivity contribution in [3.63, 3.8) is 0 Å². The number of nitrogens with zero attached hydrogens (tertiary/aromatic N) is 2. The zero-order chi connectivity index (χ0) is 19.3. The fourth-order valence-corrected chi connectivity index (χ4v) is 4.70. The van der Waals surface area contributed by atoms with Crippen LogP contribution in [0.2, 0.25) is 5.02 Å². The molecule has 1 aliphatic rings. The Morgan fingerprint density at radius 1 is 1.27 bits per heavy atom. The highest BCUT2D eigenvalue weighted by atomic mass is 35.5. The topological polar surface area (TPSA) is 57.7 Å².